The monoisotopic (exact) mass is 516 g/mol. The standard InChI is InChI=1S/C26H31F3N6O2/c27-26(28,29)20-16-31-25(32-17-20)35-13-9-21(10-14-35)33-23(36)5-3-1-2-4-11-34-12-8-18-6-7-19(24(30)37)15-22(18)34/h6-8,12,15-17,21H,1-5,9-11,13-14H2,(H2,30,37)(H,33,36). The zero-order valence-electron chi connectivity index (χ0n) is 20.5. The molecule has 0 atom stereocenters. The topological polar surface area (TPSA) is 106 Å². The summed E-state index contributed by atoms with van der Waals surface area (Å²) in [5.41, 5.74) is 6.01. The molecule has 8 nitrogen and oxygen atoms in total. The number of primary amides is 1. The Hall–Kier alpha value is -3.63. The fourth-order valence-electron chi connectivity index (χ4n) is 4.61. The highest BCUT2D eigenvalue weighted by Crippen LogP contribution is 2.28. The van der Waals surface area contributed by atoms with Crippen molar-refractivity contribution >= 4 is 28.7 Å². The van der Waals surface area contributed by atoms with Crippen LogP contribution in [0.5, 0.6) is 0 Å². The maximum Gasteiger partial charge on any atom is 0.419 e. The Kier molecular flexibility index (Phi) is 8.30. The van der Waals surface area contributed by atoms with E-state index >= 15 is 0 Å². The van der Waals surface area contributed by atoms with Crippen molar-refractivity contribution in [2.24, 2.45) is 5.73 Å². The number of benzene rings is 1. The van der Waals surface area contributed by atoms with Crippen molar-refractivity contribution in [1.82, 2.24) is 19.9 Å². The SMILES string of the molecule is NC(=O)c1ccc2ccn(CCCCCCC(=O)NC3CCN(c4ncc(C(F)(F)F)cn4)CC3)c2c1. The van der Waals surface area contributed by atoms with Gasteiger partial charge in [0.1, 0.15) is 0 Å². The predicted octanol–water partition coefficient (Wildman–Crippen LogP) is 4.28. The first-order valence-electron chi connectivity index (χ1n) is 12.5. The predicted molar refractivity (Wildman–Crippen MR) is 134 cm³/mol. The first kappa shape index (κ1) is 26.4. The number of carbonyl (C=O) groups is 2. The number of unbranched alkanes of at least 4 members (excludes halogenated alkanes) is 3. The maximum absolute atomic E-state index is 12.7. The third-order valence-corrected chi connectivity index (χ3v) is 6.72. The molecule has 0 unspecified atom stereocenters. The number of nitrogens with two attached hydrogens (primary N) is 1. The van der Waals surface area contributed by atoms with Gasteiger partial charge in [-0.2, -0.15) is 13.2 Å². The molecule has 198 valence electrons. The van der Waals surface area contributed by atoms with Crippen LogP contribution in [0.2, 0.25) is 0 Å². The largest absolute Gasteiger partial charge is 0.419 e. The molecular formula is C26H31F3N6O2. The van der Waals surface area contributed by atoms with E-state index in [4.69, 9.17) is 5.73 Å². The number of carbonyl (C=O) groups excluding carboxylic acids is 2. The summed E-state index contributed by atoms with van der Waals surface area (Å²) in [7, 11) is 0. The van der Waals surface area contributed by atoms with E-state index in [1.54, 1.807) is 6.07 Å². The lowest BCUT2D eigenvalue weighted by Gasteiger charge is -2.32. The van der Waals surface area contributed by atoms with Crippen LogP contribution in [0.1, 0.15) is 60.9 Å². The molecule has 3 N–H and O–H groups in total. The summed E-state index contributed by atoms with van der Waals surface area (Å²) in [4.78, 5) is 33.3. The molecule has 3 heterocycles. The molecule has 2 aromatic heterocycles. The average molecular weight is 517 g/mol. The molecule has 11 heteroatoms. The van der Waals surface area contributed by atoms with Crippen LogP contribution >= 0.6 is 0 Å². The Bertz CT molecular complexity index is 1220. The third kappa shape index (κ3) is 6.99. The molecule has 0 aliphatic carbocycles. The van der Waals surface area contributed by atoms with Crippen LogP contribution in [0, 0.1) is 0 Å². The molecule has 1 fully saturated rings. The summed E-state index contributed by atoms with van der Waals surface area (Å²) >= 11 is 0. The number of alkyl halides is 3. The molecule has 4 rings (SSSR count). The molecular weight excluding hydrogens is 485 g/mol. The van der Waals surface area contributed by atoms with E-state index < -0.39 is 17.6 Å². The Balaban J connectivity index is 1.11. The number of aryl methyl sites for hydroxylation is 1. The normalized spacial score (nSPS) is 14.7. The van der Waals surface area contributed by atoms with Crippen LogP contribution in [0.25, 0.3) is 10.9 Å². The summed E-state index contributed by atoms with van der Waals surface area (Å²) in [6, 6.07) is 7.52. The zero-order valence-corrected chi connectivity index (χ0v) is 20.5. The number of hydrogen-bond acceptors (Lipinski definition) is 5. The summed E-state index contributed by atoms with van der Waals surface area (Å²) in [5.74, 6) is -0.134. The second-order valence-electron chi connectivity index (χ2n) is 9.41. The van der Waals surface area contributed by atoms with E-state index in [0.29, 0.717) is 37.9 Å². The van der Waals surface area contributed by atoms with E-state index in [-0.39, 0.29) is 17.9 Å². The lowest BCUT2D eigenvalue weighted by atomic mass is 10.0. The molecule has 1 aliphatic rings. The number of fused-ring (bicyclic) bond motifs is 1. The Labute approximate surface area is 213 Å². The Morgan fingerprint density at radius 3 is 2.41 bits per heavy atom. The average Bonchev–Trinajstić information content (AvgIpc) is 3.28. The summed E-state index contributed by atoms with van der Waals surface area (Å²) in [6.07, 6.45) is 4.74. The lowest BCUT2D eigenvalue weighted by Crippen LogP contribution is -2.45. The minimum absolute atomic E-state index is 0.0274. The number of anilines is 1. The maximum atomic E-state index is 12.7. The second kappa shape index (κ2) is 11.6. The number of halogens is 3. The Morgan fingerprint density at radius 1 is 1.03 bits per heavy atom. The molecule has 0 spiro atoms. The molecule has 37 heavy (non-hydrogen) atoms. The van der Waals surface area contributed by atoms with Crippen molar-refractivity contribution in [3.8, 4) is 0 Å². The second-order valence-corrected chi connectivity index (χ2v) is 9.41. The van der Waals surface area contributed by atoms with Gasteiger partial charge in [0.05, 0.1) is 5.56 Å². The first-order chi connectivity index (χ1) is 17.7. The highest BCUT2D eigenvalue weighted by atomic mass is 19.4. The summed E-state index contributed by atoms with van der Waals surface area (Å²) in [6.45, 7) is 1.98. The highest BCUT2D eigenvalue weighted by molar-refractivity contribution is 5.97. The van der Waals surface area contributed by atoms with Gasteiger partial charge in [0.15, 0.2) is 0 Å². The number of amides is 2. The first-order valence-corrected chi connectivity index (χ1v) is 12.5. The van der Waals surface area contributed by atoms with Gasteiger partial charge in [0.2, 0.25) is 17.8 Å². The molecule has 0 bridgehead atoms. The van der Waals surface area contributed by atoms with E-state index in [0.717, 1.165) is 55.5 Å². The van der Waals surface area contributed by atoms with Crippen LogP contribution in [0.4, 0.5) is 19.1 Å². The highest BCUT2D eigenvalue weighted by Gasteiger charge is 2.32. The van der Waals surface area contributed by atoms with Crippen LogP contribution in [0.3, 0.4) is 0 Å². The zero-order chi connectivity index (χ0) is 26.4. The van der Waals surface area contributed by atoms with Gasteiger partial charge in [-0.1, -0.05) is 18.9 Å². The van der Waals surface area contributed by atoms with Gasteiger partial charge in [-0.25, -0.2) is 9.97 Å². The van der Waals surface area contributed by atoms with Gasteiger partial charge in [-0.3, -0.25) is 9.59 Å². The van der Waals surface area contributed by atoms with Crippen molar-refractivity contribution in [2.75, 3.05) is 18.0 Å². The van der Waals surface area contributed by atoms with Gasteiger partial charge in [-0.05, 0) is 49.3 Å². The number of aromatic nitrogens is 3. The fraction of sp³-hybridized carbons (Fsp3) is 0.462. The van der Waals surface area contributed by atoms with E-state index in [1.165, 1.54) is 0 Å². The van der Waals surface area contributed by atoms with Gasteiger partial charge in [-0.15, -0.1) is 0 Å². The van der Waals surface area contributed by atoms with Crippen LogP contribution in [-0.2, 0) is 17.5 Å². The Morgan fingerprint density at radius 2 is 1.73 bits per heavy atom. The van der Waals surface area contributed by atoms with E-state index in [2.05, 4.69) is 19.9 Å². The minimum Gasteiger partial charge on any atom is -0.366 e. The lowest BCUT2D eigenvalue weighted by molar-refractivity contribution is -0.138. The molecule has 1 saturated heterocycles. The van der Waals surface area contributed by atoms with E-state index in [1.807, 2.05) is 29.3 Å². The van der Waals surface area contributed by atoms with Crippen molar-refractivity contribution < 1.29 is 22.8 Å². The molecule has 2 amide bonds. The van der Waals surface area contributed by atoms with Crippen LogP contribution in [-0.4, -0.2) is 45.5 Å². The van der Waals surface area contributed by atoms with Gasteiger partial charge in [0.25, 0.3) is 0 Å². The smallest absolute Gasteiger partial charge is 0.366 e. The van der Waals surface area contributed by atoms with E-state index in [9.17, 15) is 22.8 Å². The third-order valence-electron chi connectivity index (χ3n) is 6.72. The van der Waals surface area contributed by atoms with Gasteiger partial charge < -0.3 is 20.5 Å². The number of piperidine rings is 1. The van der Waals surface area contributed by atoms with Gasteiger partial charge in [0, 0.05) is 61.8 Å². The molecule has 1 aliphatic heterocycles. The van der Waals surface area contributed by atoms with Crippen molar-refractivity contribution in [1.29, 1.82) is 0 Å². The van der Waals surface area contributed by atoms with Crippen molar-refractivity contribution in [2.45, 2.75) is 63.7 Å². The minimum atomic E-state index is -4.45. The fourth-order valence-corrected chi connectivity index (χ4v) is 4.61. The number of nitrogens with one attached hydrogen (secondary N) is 1. The molecule has 3 aromatic rings. The van der Waals surface area contributed by atoms with Crippen molar-refractivity contribution in [3.05, 3.63) is 54.0 Å². The molecule has 0 saturated carbocycles. The van der Waals surface area contributed by atoms with Crippen molar-refractivity contribution in [3.63, 3.8) is 0 Å². The van der Waals surface area contributed by atoms with Crippen LogP contribution in [0.15, 0.2) is 42.9 Å². The quantitative estimate of drug-likeness (QED) is 0.391. The number of rotatable bonds is 10. The number of nitrogens with zero attached hydrogens (tertiary/aromatic N) is 4. The summed E-state index contributed by atoms with van der Waals surface area (Å²) in [5, 5.41) is 4.14. The van der Waals surface area contributed by atoms with Gasteiger partial charge >= 0.3 is 6.18 Å². The van der Waals surface area contributed by atoms with Crippen LogP contribution < -0.4 is 16.0 Å². The number of hydrogen-bond donors (Lipinski definition) is 2. The molecule has 1 aromatic carbocycles. The molecule has 0 radical (unpaired) electrons. The summed E-state index contributed by atoms with van der Waals surface area (Å²) < 4.78 is 40.2.